The van der Waals surface area contributed by atoms with Crippen molar-refractivity contribution in [2.75, 3.05) is 7.11 Å². The van der Waals surface area contributed by atoms with Crippen molar-refractivity contribution in [3.05, 3.63) is 64.5 Å². The summed E-state index contributed by atoms with van der Waals surface area (Å²) in [7, 11) is 1.46. The van der Waals surface area contributed by atoms with Crippen LogP contribution in [0.1, 0.15) is 34.7 Å². The zero-order valence-electron chi connectivity index (χ0n) is 11.5. The number of fused-ring (bicyclic) bond motifs is 1. The summed E-state index contributed by atoms with van der Waals surface area (Å²) in [6.45, 7) is 0. The summed E-state index contributed by atoms with van der Waals surface area (Å²) in [5.41, 5.74) is 10.9. The third kappa shape index (κ3) is 2.29. The summed E-state index contributed by atoms with van der Waals surface area (Å²) < 4.78 is 18.7. The van der Waals surface area contributed by atoms with Crippen molar-refractivity contribution >= 4 is 0 Å². The SMILES string of the molecule is COc1ccc(C(N)c2ccc3c(c2)CCC3)cc1F. The number of halogens is 1. The van der Waals surface area contributed by atoms with Crippen LogP contribution < -0.4 is 10.5 Å². The Bertz CT molecular complexity index is 639. The molecule has 0 aliphatic heterocycles. The molecule has 20 heavy (non-hydrogen) atoms. The lowest BCUT2D eigenvalue weighted by molar-refractivity contribution is 0.386. The minimum absolute atomic E-state index is 0.245. The number of nitrogens with two attached hydrogens (primary N) is 1. The van der Waals surface area contributed by atoms with Gasteiger partial charge in [0.25, 0.3) is 0 Å². The van der Waals surface area contributed by atoms with E-state index in [4.69, 9.17) is 10.5 Å². The fourth-order valence-electron chi connectivity index (χ4n) is 2.85. The third-order valence-corrected chi connectivity index (χ3v) is 4.02. The van der Waals surface area contributed by atoms with E-state index in [2.05, 4.69) is 18.2 Å². The van der Waals surface area contributed by atoms with Crippen molar-refractivity contribution < 1.29 is 9.13 Å². The first-order chi connectivity index (χ1) is 9.69. The molecule has 2 N–H and O–H groups in total. The molecule has 1 unspecified atom stereocenters. The summed E-state index contributed by atoms with van der Waals surface area (Å²) in [5.74, 6) is -0.128. The first-order valence-electron chi connectivity index (χ1n) is 6.90. The van der Waals surface area contributed by atoms with Crippen molar-refractivity contribution in [2.24, 2.45) is 5.73 Å². The van der Waals surface area contributed by atoms with Gasteiger partial charge in [0.2, 0.25) is 0 Å². The third-order valence-electron chi connectivity index (χ3n) is 4.02. The van der Waals surface area contributed by atoms with E-state index >= 15 is 0 Å². The van der Waals surface area contributed by atoms with Crippen LogP contribution in [0.3, 0.4) is 0 Å². The van der Waals surface area contributed by atoms with Gasteiger partial charge < -0.3 is 10.5 Å². The molecule has 0 bridgehead atoms. The van der Waals surface area contributed by atoms with Gasteiger partial charge >= 0.3 is 0 Å². The maximum Gasteiger partial charge on any atom is 0.165 e. The smallest absolute Gasteiger partial charge is 0.165 e. The quantitative estimate of drug-likeness (QED) is 0.929. The second-order valence-electron chi connectivity index (χ2n) is 5.25. The Balaban J connectivity index is 1.92. The molecule has 0 radical (unpaired) electrons. The number of hydrogen-bond acceptors (Lipinski definition) is 2. The molecule has 2 nitrogen and oxygen atoms in total. The molecule has 2 aromatic carbocycles. The lowest BCUT2D eigenvalue weighted by Gasteiger charge is -2.15. The highest BCUT2D eigenvalue weighted by molar-refractivity contribution is 5.41. The van der Waals surface area contributed by atoms with Crippen LogP contribution in [-0.4, -0.2) is 7.11 Å². The molecule has 104 valence electrons. The Morgan fingerprint density at radius 3 is 2.50 bits per heavy atom. The molecule has 3 heteroatoms. The van der Waals surface area contributed by atoms with Crippen LogP contribution in [0.5, 0.6) is 5.75 Å². The van der Waals surface area contributed by atoms with Gasteiger partial charge in [-0.25, -0.2) is 4.39 Å². The largest absolute Gasteiger partial charge is 0.494 e. The predicted molar refractivity (Wildman–Crippen MR) is 77.4 cm³/mol. The standard InChI is InChI=1S/C17H18FNO/c1-20-16-8-7-14(10-15(16)18)17(19)13-6-5-11-3-2-4-12(11)9-13/h5-10,17H,2-4,19H2,1H3. The minimum atomic E-state index is -0.374. The monoisotopic (exact) mass is 271 g/mol. The predicted octanol–water partition coefficient (Wildman–Crippen LogP) is 3.37. The normalized spacial score (nSPS) is 14.9. The second-order valence-corrected chi connectivity index (χ2v) is 5.25. The maximum atomic E-state index is 13.8. The van der Waals surface area contributed by atoms with Gasteiger partial charge in [-0.1, -0.05) is 24.3 Å². The van der Waals surface area contributed by atoms with Gasteiger partial charge in [-0.15, -0.1) is 0 Å². The van der Waals surface area contributed by atoms with E-state index in [9.17, 15) is 4.39 Å². The Morgan fingerprint density at radius 2 is 1.75 bits per heavy atom. The lowest BCUT2D eigenvalue weighted by atomic mass is 9.96. The minimum Gasteiger partial charge on any atom is -0.494 e. The van der Waals surface area contributed by atoms with Crippen LogP contribution in [0.2, 0.25) is 0 Å². The van der Waals surface area contributed by atoms with Gasteiger partial charge in [-0.05, 0) is 53.6 Å². The number of hydrogen-bond donors (Lipinski definition) is 1. The summed E-state index contributed by atoms with van der Waals surface area (Å²) in [5, 5.41) is 0. The molecule has 0 saturated heterocycles. The lowest BCUT2D eigenvalue weighted by Crippen LogP contribution is -2.12. The molecule has 0 heterocycles. The van der Waals surface area contributed by atoms with Crippen molar-refractivity contribution in [2.45, 2.75) is 25.3 Å². The maximum absolute atomic E-state index is 13.8. The van der Waals surface area contributed by atoms with E-state index in [1.54, 1.807) is 6.07 Å². The van der Waals surface area contributed by atoms with Crippen LogP contribution >= 0.6 is 0 Å². The average molecular weight is 271 g/mol. The fraction of sp³-hybridized carbons (Fsp3) is 0.294. The molecule has 1 aliphatic carbocycles. The molecule has 0 aromatic heterocycles. The Kier molecular flexibility index (Phi) is 3.45. The number of methoxy groups -OCH3 is 1. The summed E-state index contributed by atoms with van der Waals surface area (Å²) in [6, 6.07) is 11.0. The Hall–Kier alpha value is -1.87. The van der Waals surface area contributed by atoms with Crippen molar-refractivity contribution in [3.8, 4) is 5.75 Å². The van der Waals surface area contributed by atoms with Crippen LogP contribution in [0.4, 0.5) is 4.39 Å². The van der Waals surface area contributed by atoms with Gasteiger partial charge in [0.1, 0.15) is 0 Å². The van der Waals surface area contributed by atoms with Crippen molar-refractivity contribution in [1.82, 2.24) is 0 Å². The molecule has 0 spiro atoms. The highest BCUT2D eigenvalue weighted by atomic mass is 19.1. The van der Waals surface area contributed by atoms with Crippen LogP contribution in [-0.2, 0) is 12.8 Å². The van der Waals surface area contributed by atoms with Crippen LogP contribution in [0, 0.1) is 5.82 Å². The number of benzene rings is 2. The molecule has 3 rings (SSSR count). The zero-order chi connectivity index (χ0) is 14.1. The first-order valence-corrected chi connectivity index (χ1v) is 6.90. The van der Waals surface area contributed by atoms with Crippen LogP contribution in [0.15, 0.2) is 36.4 Å². The van der Waals surface area contributed by atoms with Crippen molar-refractivity contribution in [1.29, 1.82) is 0 Å². The molecule has 1 aliphatic rings. The number of rotatable bonds is 3. The molecule has 1 atom stereocenters. The van der Waals surface area contributed by atoms with Gasteiger partial charge in [0.05, 0.1) is 13.2 Å². The molecule has 0 amide bonds. The summed E-state index contributed by atoms with van der Waals surface area (Å²) in [4.78, 5) is 0. The number of aryl methyl sites for hydroxylation is 2. The molecule has 0 fully saturated rings. The highest BCUT2D eigenvalue weighted by Crippen LogP contribution is 2.29. The van der Waals surface area contributed by atoms with Gasteiger partial charge in [-0.2, -0.15) is 0 Å². The van der Waals surface area contributed by atoms with E-state index in [0.717, 1.165) is 24.0 Å². The van der Waals surface area contributed by atoms with E-state index in [-0.39, 0.29) is 17.6 Å². The van der Waals surface area contributed by atoms with E-state index in [1.165, 1.54) is 30.7 Å². The Labute approximate surface area is 118 Å². The van der Waals surface area contributed by atoms with E-state index < -0.39 is 0 Å². The molecule has 0 saturated carbocycles. The molecular weight excluding hydrogens is 253 g/mol. The van der Waals surface area contributed by atoms with E-state index in [0.29, 0.717) is 0 Å². The molecular formula is C17H18FNO. The van der Waals surface area contributed by atoms with Gasteiger partial charge in [-0.3, -0.25) is 0 Å². The topological polar surface area (TPSA) is 35.2 Å². The van der Waals surface area contributed by atoms with E-state index in [1.807, 2.05) is 6.07 Å². The zero-order valence-corrected chi connectivity index (χ0v) is 11.5. The van der Waals surface area contributed by atoms with Gasteiger partial charge in [0.15, 0.2) is 11.6 Å². The summed E-state index contributed by atoms with van der Waals surface area (Å²) >= 11 is 0. The highest BCUT2D eigenvalue weighted by Gasteiger charge is 2.16. The Morgan fingerprint density at radius 1 is 1.05 bits per heavy atom. The van der Waals surface area contributed by atoms with Crippen molar-refractivity contribution in [3.63, 3.8) is 0 Å². The summed E-state index contributed by atoms with van der Waals surface area (Å²) in [6.07, 6.45) is 3.49. The first kappa shape index (κ1) is 13.1. The number of ether oxygens (including phenoxy) is 1. The fourth-order valence-corrected chi connectivity index (χ4v) is 2.85. The molecule has 2 aromatic rings. The second kappa shape index (κ2) is 5.25. The van der Waals surface area contributed by atoms with Crippen LogP contribution in [0.25, 0.3) is 0 Å². The average Bonchev–Trinajstić information content (AvgIpc) is 2.93. The van der Waals surface area contributed by atoms with Gasteiger partial charge in [0, 0.05) is 0 Å².